The zero-order chi connectivity index (χ0) is 7.33. The van der Waals surface area contributed by atoms with E-state index in [4.69, 9.17) is 5.26 Å². The van der Waals surface area contributed by atoms with Crippen molar-refractivity contribution in [3.8, 4) is 6.07 Å². The van der Waals surface area contributed by atoms with Gasteiger partial charge in [-0.1, -0.05) is 20.8 Å². The van der Waals surface area contributed by atoms with Gasteiger partial charge in [-0.3, -0.25) is 0 Å². The van der Waals surface area contributed by atoms with Gasteiger partial charge in [0.1, 0.15) is 0 Å². The van der Waals surface area contributed by atoms with Crippen molar-refractivity contribution in [1.82, 2.24) is 0 Å². The summed E-state index contributed by atoms with van der Waals surface area (Å²) < 4.78 is 0.230. The van der Waals surface area contributed by atoms with Gasteiger partial charge < -0.3 is 0 Å². The molecule has 0 radical (unpaired) electrons. The molecule has 0 bridgehead atoms. The highest BCUT2D eigenvalue weighted by atomic mass is 32.2. The molecule has 9 heavy (non-hydrogen) atoms. The van der Waals surface area contributed by atoms with Gasteiger partial charge in [0, 0.05) is 10.8 Å². The first-order valence-electron chi connectivity index (χ1n) is 2.79. The highest BCUT2D eigenvalue weighted by Crippen LogP contribution is 2.23. The van der Waals surface area contributed by atoms with Gasteiger partial charge in [0.25, 0.3) is 0 Å². The molecular formula is C7H11NS. The third kappa shape index (κ3) is 7.58. The molecule has 0 aromatic rings. The number of thioether (sulfide) groups is 1. The molecule has 0 aromatic carbocycles. The summed E-state index contributed by atoms with van der Waals surface area (Å²) >= 11 is 1.66. The van der Waals surface area contributed by atoms with Gasteiger partial charge in [-0.25, -0.2) is 0 Å². The molecule has 0 aromatic heterocycles. The summed E-state index contributed by atoms with van der Waals surface area (Å²) in [6.45, 7) is 6.33. The standard InChI is InChI=1S/C7H11NS/c1-7(2,3)9-6-4-5-8/h4,6H,1-3H3/b6-4+. The molecule has 2 heteroatoms. The lowest BCUT2D eigenvalue weighted by Gasteiger charge is -2.12. The van der Waals surface area contributed by atoms with Crippen molar-refractivity contribution in [2.75, 3.05) is 0 Å². The molecule has 0 spiro atoms. The fourth-order valence-corrected chi connectivity index (χ4v) is 0.806. The third-order valence-corrected chi connectivity index (χ3v) is 1.54. The second-order valence-corrected chi connectivity index (χ2v) is 4.39. The van der Waals surface area contributed by atoms with E-state index in [0.717, 1.165) is 0 Å². The molecule has 0 N–H and O–H groups in total. The van der Waals surface area contributed by atoms with Gasteiger partial charge in [0.2, 0.25) is 0 Å². The molecule has 0 unspecified atom stereocenters. The van der Waals surface area contributed by atoms with Crippen molar-refractivity contribution in [3.63, 3.8) is 0 Å². The largest absolute Gasteiger partial charge is 0.193 e. The Labute approximate surface area is 60.8 Å². The predicted octanol–water partition coefficient (Wildman–Crippen LogP) is 2.56. The van der Waals surface area contributed by atoms with Crippen LogP contribution in [-0.2, 0) is 0 Å². The summed E-state index contributed by atoms with van der Waals surface area (Å²) in [4.78, 5) is 0. The van der Waals surface area contributed by atoms with Crippen LogP contribution in [0, 0.1) is 11.3 Å². The summed E-state index contributed by atoms with van der Waals surface area (Å²) in [6, 6.07) is 1.94. The maximum atomic E-state index is 8.11. The van der Waals surface area contributed by atoms with E-state index < -0.39 is 0 Å². The number of hydrogen-bond acceptors (Lipinski definition) is 2. The fourth-order valence-electron chi connectivity index (χ4n) is 0.269. The number of allylic oxidation sites excluding steroid dienone is 1. The number of nitriles is 1. The number of nitrogens with zero attached hydrogens (tertiary/aromatic N) is 1. The Morgan fingerprint density at radius 2 is 2.00 bits per heavy atom. The van der Waals surface area contributed by atoms with E-state index in [2.05, 4.69) is 20.8 Å². The van der Waals surface area contributed by atoms with Crippen LogP contribution in [0.25, 0.3) is 0 Å². The molecule has 0 saturated carbocycles. The van der Waals surface area contributed by atoms with E-state index in [1.165, 1.54) is 6.08 Å². The Balaban J connectivity index is 3.54. The van der Waals surface area contributed by atoms with Gasteiger partial charge >= 0.3 is 0 Å². The van der Waals surface area contributed by atoms with Gasteiger partial charge in [0.15, 0.2) is 0 Å². The number of hydrogen-bond donors (Lipinski definition) is 0. The molecule has 0 amide bonds. The highest BCUT2D eigenvalue weighted by molar-refractivity contribution is 8.03. The van der Waals surface area contributed by atoms with Crippen LogP contribution < -0.4 is 0 Å². The van der Waals surface area contributed by atoms with Gasteiger partial charge in [0.05, 0.1) is 6.07 Å². The lowest BCUT2D eigenvalue weighted by molar-refractivity contribution is 0.807. The van der Waals surface area contributed by atoms with E-state index in [1.807, 2.05) is 11.5 Å². The normalized spacial score (nSPS) is 11.8. The molecule has 1 nitrogen and oxygen atoms in total. The minimum Gasteiger partial charge on any atom is -0.193 e. The minimum absolute atomic E-state index is 0.230. The van der Waals surface area contributed by atoms with Crippen LogP contribution in [0.1, 0.15) is 20.8 Å². The molecule has 0 atom stereocenters. The van der Waals surface area contributed by atoms with E-state index in [1.54, 1.807) is 11.8 Å². The molecule has 0 saturated heterocycles. The number of rotatable bonds is 1. The van der Waals surface area contributed by atoms with Crippen LogP contribution in [0.2, 0.25) is 0 Å². The Morgan fingerprint density at radius 1 is 1.44 bits per heavy atom. The second kappa shape index (κ2) is 3.58. The first-order chi connectivity index (χ1) is 4.06. The molecule has 0 fully saturated rings. The lowest BCUT2D eigenvalue weighted by Crippen LogP contribution is -2.04. The second-order valence-electron chi connectivity index (χ2n) is 2.66. The molecule has 0 heterocycles. The van der Waals surface area contributed by atoms with Gasteiger partial charge in [-0.05, 0) is 5.41 Å². The van der Waals surface area contributed by atoms with Crippen molar-refractivity contribution in [1.29, 1.82) is 5.26 Å². The molecule has 0 rings (SSSR count). The van der Waals surface area contributed by atoms with E-state index in [-0.39, 0.29) is 4.75 Å². The summed E-state index contributed by atoms with van der Waals surface area (Å²) in [5.74, 6) is 0. The highest BCUT2D eigenvalue weighted by Gasteiger charge is 2.06. The molecular weight excluding hydrogens is 130 g/mol. The van der Waals surface area contributed by atoms with Crippen LogP contribution in [0.5, 0.6) is 0 Å². The van der Waals surface area contributed by atoms with Crippen molar-refractivity contribution in [3.05, 3.63) is 11.5 Å². The van der Waals surface area contributed by atoms with Gasteiger partial charge in [-0.2, -0.15) is 5.26 Å². The van der Waals surface area contributed by atoms with Crippen LogP contribution in [-0.4, -0.2) is 4.75 Å². The predicted molar refractivity (Wildman–Crippen MR) is 42.1 cm³/mol. The monoisotopic (exact) mass is 141 g/mol. The van der Waals surface area contributed by atoms with Crippen LogP contribution in [0.3, 0.4) is 0 Å². The summed E-state index contributed by atoms with van der Waals surface area (Å²) in [6.07, 6.45) is 1.50. The first kappa shape index (κ1) is 8.58. The quantitative estimate of drug-likeness (QED) is 0.524. The summed E-state index contributed by atoms with van der Waals surface area (Å²) in [5.41, 5.74) is 0. The minimum atomic E-state index is 0.230. The fraction of sp³-hybridized carbons (Fsp3) is 0.571. The van der Waals surface area contributed by atoms with Crippen molar-refractivity contribution in [2.45, 2.75) is 25.5 Å². The van der Waals surface area contributed by atoms with E-state index in [0.29, 0.717) is 0 Å². The smallest absolute Gasteiger partial charge is 0.0917 e. The maximum absolute atomic E-state index is 8.11. The Bertz CT molecular complexity index is 136. The van der Waals surface area contributed by atoms with E-state index in [9.17, 15) is 0 Å². The zero-order valence-electron chi connectivity index (χ0n) is 6.01. The topological polar surface area (TPSA) is 23.8 Å². The third-order valence-electron chi connectivity index (χ3n) is 0.564. The molecule has 50 valence electrons. The van der Waals surface area contributed by atoms with Crippen LogP contribution >= 0.6 is 11.8 Å². The van der Waals surface area contributed by atoms with Crippen LogP contribution in [0.4, 0.5) is 0 Å². The van der Waals surface area contributed by atoms with Crippen molar-refractivity contribution in [2.24, 2.45) is 0 Å². The Morgan fingerprint density at radius 3 is 2.33 bits per heavy atom. The maximum Gasteiger partial charge on any atom is 0.0917 e. The van der Waals surface area contributed by atoms with Crippen molar-refractivity contribution < 1.29 is 0 Å². The van der Waals surface area contributed by atoms with Gasteiger partial charge in [-0.15, -0.1) is 11.8 Å². The SMILES string of the molecule is CC(C)(C)S/C=C/C#N. The Kier molecular flexibility index (Phi) is 3.41. The van der Waals surface area contributed by atoms with Crippen LogP contribution in [0.15, 0.2) is 11.5 Å². The molecule has 0 aliphatic carbocycles. The average molecular weight is 141 g/mol. The Hall–Kier alpha value is -0.420. The molecule has 0 aliphatic heterocycles. The van der Waals surface area contributed by atoms with E-state index >= 15 is 0 Å². The average Bonchev–Trinajstić information content (AvgIpc) is 1.63. The zero-order valence-corrected chi connectivity index (χ0v) is 6.83. The molecule has 0 aliphatic rings. The first-order valence-corrected chi connectivity index (χ1v) is 3.67. The summed E-state index contributed by atoms with van der Waals surface area (Å²) in [5, 5.41) is 9.93. The summed E-state index contributed by atoms with van der Waals surface area (Å²) in [7, 11) is 0. The lowest BCUT2D eigenvalue weighted by atomic mass is 10.3. The van der Waals surface area contributed by atoms with Crippen molar-refractivity contribution >= 4 is 11.8 Å².